The highest BCUT2D eigenvalue weighted by atomic mass is 16.6. The molecule has 0 radical (unpaired) electrons. The summed E-state index contributed by atoms with van der Waals surface area (Å²) in [6.07, 6.45) is 5.58. The molecule has 0 aromatic heterocycles. The number of nitriles is 1. The summed E-state index contributed by atoms with van der Waals surface area (Å²) in [7, 11) is 3.45. The molecule has 2 bridgehead atoms. The van der Waals surface area contributed by atoms with E-state index in [9.17, 15) is 5.26 Å². The van der Waals surface area contributed by atoms with Crippen LogP contribution in [0, 0.1) is 29.1 Å². The summed E-state index contributed by atoms with van der Waals surface area (Å²) in [4.78, 5) is 2.75. The maximum absolute atomic E-state index is 9.92. The highest BCUT2D eigenvalue weighted by Crippen LogP contribution is 2.65. The Bertz CT molecular complexity index is 860. The number of piperidine rings is 1. The van der Waals surface area contributed by atoms with Gasteiger partial charge >= 0.3 is 0 Å². The van der Waals surface area contributed by atoms with E-state index in [1.165, 1.54) is 30.5 Å². The van der Waals surface area contributed by atoms with E-state index in [0.29, 0.717) is 12.0 Å². The molecule has 5 heteroatoms. The van der Waals surface area contributed by atoms with Crippen LogP contribution in [0.15, 0.2) is 12.1 Å². The lowest BCUT2D eigenvalue weighted by molar-refractivity contribution is -0.131. The van der Waals surface area contributed by atoms with Gasteiger partial charge in [-0.2, -0.15) is 5.26 Å². The lowest BCUT2D eigenvalue weighted by Gasteiger charge is -2.60. The average molecular weight is 380 g/mol. The third-order valence-corrected chi connectivity index (χ3v) is 8.31. The first-order valence-electron chi connectivity index (χ1n) is 10.7. The monoisotopic (exact) mass is 380 g/mol. The molecule has 5 aliphatic rings. The largest absolute Gasteiger partial charge is 0.493 e. The van der Waals surface area contributed by atoms with Gasteiger partial charge < -0.3 is 14.2 Å². The molecule has 1 spiro atoms. The smallest absolute Gasteiger partial charge is 0.165 e. The van der Waals surface area contributed by atoms with E-state index in [1.54, 1.807) is 14.2 Å². The van der Waals surface area contributed by atoms with Crippen LogP contribution in [0.5, 0.6) is 11.5 Å². The number of methoxy groups -OCH3 is 2. The Morgan fingerprint density at radius 3 is 2.89 bits per heavy atom. The zero-order valence-corrected chi connectivity index (χ0v) is 16.7. The topological polar surface area (TPSA) is 54.7 Å². The van der Waals surface area contributed by atoms with Gasteiger partial charge in [-0.15, -0.1) is 0 Å². The van der Waals surface area contributed by atoms with Crippen LogP contribution in [-0.4, -0.2) is 50.5 Å². The fraction of sp³-hybridized carbons (Fsp3) is 0.696. The van der Waals surface area contributed by atoms with E-state index in [-0.39, 0.29) is 23.5 Å². The van der Waals surface area contributed by atoms with Crippen molar-refractivity contribution in [1.82, 2.24) is 4.90 Å². The number of hydrogen-bond acceptors (Lipinski definition) is 5. The maximum Gasteiger partial charge on any atom is 0.165 e. The number of likely N-dealkylation sites (tertiary alicyclic amines) is 1. The van der Waals surface area contributed by atoms with E-state index in [2.05, 4.69) is 23.1 Å². The zero-order chi connectivity index (χ0) is 19.0. The second kappa shape index (κ2) is 5.87. The van der Waals surface area contributed by atoms with Crippen LogP contribution in [0.2, 0.25) is 0 Å². The van der Waals surface area contributed by atoms with Gasteiger partial charge in [-0.25, -0.2) is 0 Å². The lowest BCUT2D eigenvalue weighted by atomic mass is 9.50. The minimum Gasteiger partial charge on any atom is -0.493 e. The standard InChI is InChI=1S/C23H28N2O3/c1-26-18-6-5-14-10-17-16-9-15(11-24)20(27-2)22-23(16,19(14)21(18)28-22)7-8-25(17)12-13-3-4-13/h5-6,13,15-17,20,22H,3-4,7-10,12H2,1-2H3. The van der Waals surface area contributed by atoms with E-state index in [4.69, 9.17) is 14.2 Å². The minimum atomic E-state index is -0.181. The van der Waals surface area contributed by atoms with Crippen molar-refractivity contribution in [3.8, 4) is 17.6 Å². The van der Waals surface area contributed by atoms with E-state index < -0.39 is 0 Å². The highest BCUT2D eigenvalue weighted by molar-refractivity contribution is 5.61. The van der Waals surface area contributed by atoms with Crippen LogP contribution < -0.4 is 9.47 Å². The predicted molar refractivity (Wildman–Crippen MR) is 104 cm³/mol. The van der Waals surface area contributed by atoms with Crippen molar-refractivity contribution in [1.29, 1.82) is 5.26 Å². The molecule has 1 aromatic carbocycles. The molecule has 2 heterocycles. The van der Waals surface area contributed by atoms with Crippen LogP contribution >= 0.6 is 0 Å². The second-order valence-corrected chi connectivity index (χ2v) is 9.45. The predicted octanol–water partition coefficient (Wildman–Crippen LogP) is 2.91. The molecule has 6 atom stereocenters. The number of ether oxygens (including phenoxy) is 3. The molecule has 2 aliphatic heterocycles. The molecule has 2 saturated carbocycles. The lowest BCUT2D eigenvalue weighted by Crippen LogP contribution is -2.68. The Hall–Kier alpha value is -1.77. The fourth-order valence-corrected chi connectivity index (χ4v) is 6.99. The molecule has 148 valence electrons. The van der Waals surface area contributed by atoms with E-state index in [0.717, 1.165) is 43.2 Å². The molecule has 0 N–H and O–H groups in total. The van der Waals surface area contributed by atoms with Crippen molar-refractivity contribution in [2.75, 3.05) is 27.3 Å². The van der Waals surface area contributed by atoms with Gasteiger partial charge in [0.2, 0.25) is 0 Å². The first-order valence-corrected chi connectivity index (χ1v) is 10.7. The number of nitrogens with zero attached hydrogens (tertiary/aromatic N) is 2. The van der Waals surface area contributed by atoms with Crippen molar-refractivity contribution in [3.05, 3.63) is 23.3 Å². The minimum absolute atomic E-state index is 0.0315. The summed E-state index contributed by atoms with van der Waals surface area (Å²) in [5.41, 5.74) is 2.77. The van der Waals surface area contributed by atoms with Crippen LogP contribution in [0.3, 0.4) is 0 Å². The van der Waals surface area contributed by atoms with Gasteiger partial charge in [-0.1, -0.05) is 6.07 Å². The van der Waals surface area contributed by atoms with Crippen molar-refractivity contribution in [2.45, 2.75) is 55.8 Å². The molecule has 3 aliphatic carbocycles. The fourth-order valence-electron chi connectivity index (χ4n) is 6.99. The Labute approximate surface area is 166 Å². The van der Waals surface area contributed by atoms with Crippen molar-refractivity contribution in [3.63, 3.8) is 0 Å². The summed E-state index contributed by atoms with van der Waals surface area (Å²) in [6.45, 7) is 2.35. The normalized spacial score (nSPS) is 40.4. The van der Waals surface area contributed by atoms with Gasteiger partial charge in [-0.05, 0) is 62.1 Å². The third kappa shape index (κ3) is 2.03. The highest BCUT2D eigenvalue weighted by Gasteiger charge is 2.68. The van der Waals surface area contributed by atoms with Gasteiger partial charge in [0.05, 0.1) is 19.1 Å². The Kier molecular flexibility index (Phi) is 3.59. The zero-order valence-electron chi connectivity index (χ0n) is 16.7. The Morgan fingerprint density at radius 1 is 1.32 bits per heavy atom. The summed E-state index contributed by atoms with van der Waals surface area (Å²) in [5.74, 6) is 2.98. The van der Waals surface area contributed by atoms with Crippen LogP contribution in [-0.2, 0) is 16.6 Å². The number of hydrogen-bond donors (Lipinski definition) is 0. The molecule has 5 nitrogen and oxygen atoms in total. The summed E-state index contributed by atoms with van der Waals surface area (Å²) in [5, 5.41) is 9.92. The van der Waals surface area contributed by atoms with Crippen molar-refractivity contribution >= 4 is 0 Å². The van der Waals surface area contributed by atoms with Gasteiger partial charge in [0.15, 0.2) is 11.5 Å². The number of benzene rings is 1. The molecular weight excluding hydrogens is 352 g/mol. The first-order chi connectivity index (χ1) is 13.7. The van der Waals surface area contributed by atoms with Crippen LogP contribution in [0.4, 0.5) is 0 Å². The van der Waals surface area contributed by atoms with Gasteiger partial charge in [0, 0.05) is 30.7 Å². The molecule has 1 aromatic rings. The molecule has 1 saturated heterocycles. The average Bonchev–Trinajstić information content (AvgIpc) is 3.47. The molecular formula is C23H28N2O3. The Morgan fingerprint density at radius 2 is 2.18 bits per heavy atom. The van der Waals surface area contributed by atoms with E-state index >= 15 is 0 Å². The summed E-state index contributed by atoms with van der Waals surface area (Å²) in [6, 6.07) is 7.39. The van der Waals surface area contributed by atoms with Gasteiger partial charge in [0.25, 0.3) is 0 Å². The van der Waals surface area contributed by atoms with Crippen LogP contribution in [0.1, 0.15) is 36.8 Å². The maximum atomic E-state index is 9.92. The van der Waals surface area contributed by atoms with Crippen molar-refractivity contribution in [2.24, 2.45) is 17.8 Å². The molecule has 6 rings (SSSR count). The summed E-state index contributed by atoms with van der Waals surface area (Å²) < 4.78 is 18.2. The molecule has 3 fully saturated rings. The first kappa shape index (κ1) is 17.1. The SMILES string of the molecule is COc1ccc2c3c1OC1C(OC)C(C#N)CC4C(C2)N(CC2CC2)CCC341. The van der Waals surface area contributed by atoms with Crippen molar-refractivity contribution < 1.29 is 14.2 Å². The van der Waals surface area contributed by atoms with Gasteiger partial charge in [-0.3, -0.25) is 4.90 Å². The quantitative estimate of drug-likeness (QED) is 0.804. The Balaban J connectivity index is 1.52. The van der Waals surface area contributed by atoms with Crippen LogP contribution in [0.25, 0.3) is 0 Å². The summed E-state index contributed by atoms with van der Waals surface area (Å²) >= 11 is 0. The van der Waals surface area contributed by atoms with E-state index in [1.807, 2.05) is 0 Å². The molecule has 0 amide bonds. The van der Waals surface area contributed by atoms with Gasteiger partial charge in [0.1, 0.15) is 12.2 Å². The third-order valence-electron chi connectivity index (χ3n) is 8.31. The number of rotatable bonds is 4. The molecule has 6 unspecified atom stereocenters. The molecule has 28 heavy (non-hydrogen) atoms. The second-order valence-electron chi connectivity index (χ2n) is 9.45.